The summed E-state index contributed by atoms with van der Waals surface area (Å²) in [5.41, 5.74) is 23.4. The Morgan fingerprint density at radius 1 is 0.227 bits per heavy atom. The second kappa shape index (κ2) is 21.9. The van der Waals surface area contributed by atoms with Gasteiger partial charge in [-0.25, -0.2) is 0 Å². The lowest BCUT2D eigenvalue weighted by atomic mass is 9.94. The summed E-state index contributed by atoms with van der Waals surface area (Å²) in [5, 5.41) is 10.2. The van der Waals surface area contributed by atoms with Crippen molar-refractivity contribution in [3.63, 3.8) is 0 Å². The first-order chi connectivity index (χ1) is 43.2. The maximum atomic E-state index is 2.49. The molecule has 2 nitrogen and oxygen atoms in total. The molecule has 418 valence electrons. The summed E-state index contributed by atoms with van der Waals surface area (Å²) in [4.78, 5) is 4.99. The van der Waals surface area contributed by atoms with Crippen LogP contribution < -0.4 is 9.80 Å². The first kappa shape index (κ1) is 53.1. The number of hydrogen-bond acceptors (Lipinski definition) is 4. The van der Waals surface area contributed by atoms with Crippen LogP contribution in [0.4, 0.5) is 34.1 Å². The van der Waals surface area contributed by atoms with Crippen LogP contribution in [0.3, 0.4) is 0 Å². The average molecular weight is 1160 g/mol. The number of aryl methyl sites for hydroxylation is 4. The van der Waals surface area contributed by atoms with Gasteiger partial charge >= 0.3 is 0 Å². The number of para-hydroxylation sites is 2. The first-order valence-corrected chi connectivity index (χ1v) is 31.9. The molecule has 16 rings (SSSR count). The summed E-state index contributed by atoms with van der Waals surface area (Å²) in [6.07, 6.45) is 0. The van der Waals surface area contributed by atoms with Crippen LogP contribution in [0.5, 0.6) is 0 Å². The van der Waals surface area contributed by atoms with Gasteiger partial charge in [0.2, 0.25) is 0 Å². The Balaban J connectivity index is 0.797. The molecule has 0 saturated heterocycles. The highest BCUT2D eigenvalue weighted by molar-refractivity contribution is 7.26. The molecule has 0 unspecified atom stereocenters. The van der Waals surface area contributed by atoms with Crippen LogP contribution in [0.15, 0.2) is 291 Å². The molecule has 0 atom stereocenters. The maximum absolute atomic E-state index is 2.49. The van der Waals surface area contributed by atoms with E-state index in [0.29, 0.717) is 0 Å². The number of thiophene rings is 2. The van der Waals surface area contributed by atoms with Gasteiger partial charge in [-0.1, -0.05) is 194 Å². The molecule has 14 aromatic carbocycles. The third-order valence-corrected chi connectivity index (χ3v) is 20.2. The van der Waals surface area contributed by atoms with Crippen LogP contribution in [-0.2, 0) is 0 Å². The van der Waals surface area contributed by atoms with Crippen molar-refractivity contribution in [3.8, 4) is 55.6 Å². The van der Waals surface area contributed by atoms with E-state index in [0.717, 1.165) is 34.1 Å². The van der Waals surface area contributed by atoms with Crippen LogP contribution >= 0.6 is 22.7 Å². The summed E-state index contributed by atoms with van der Waals surface area (Å²) in [5.74, 6) is 0. The minimum Gasteiger partial charge on any atom is -0.309 e. The maximum Gasteiger partial charge on any atom is 0.0569 e. The zero-order valence-corrected chi connectivity index (χ0v) is 51.1. The van der Waals surface area contributed by atoms with Gasteiger partial charge in [0.25, 0.3) is 0 Å². The molecular formula is C84H60N2S2. The molecule has 0 aliphatic heterocycles. The SMILES string of the molecule is Cc1cc(-c2ccc(N(c3ccc(-c4ccc5sc6ccccc6c5c4)cc3)c3c(C)cccc3-c3ccc4ccccc4c3)c(C)c2)ccc1N(c1ccc(-c2ccc3sc4ccccc4c3c2)cc1)c1c(C)cccc1-c1ccc2ccccc2c1. The van der Waals surface area contributed by atoms with Crippen molar-refractivity contribution in [1.29, 1.82) is 0 Å². The summed E-state index contributed by atoms with van der Waals surface area (Å²) in [6.45, 7) is 9.05. The zero-order valence-electron chi connectivity index (χ0n) is 49.4. The summed E-state index contributed by atoms with van der Waals surface area (Å²) < 4.78 is 5.27. The third-order valence-electron chi connectivity index (χ3n) is 17.9. The average Bonchev–Trinajstić information content (AvgIpc) is 3.05. The number of fused-ring (bicyclic) bond motifs is 8. The molecule has 0 fully saturated rings. The van der Waals surface area contributed by atoms with E-state index >= 15 is 0 Å². The van der Waals surface area contributed by atoms with Crippen LogP contribution in [0.2, 0.25) is 0 Å². The van der Waals surface area contributed by atoms with E-state index in [9.17, 15) is 0 Å². The van der Waals surface area contributed by atoms with E-state index in [1.54, 1.807) is 0 Å². The Hall–Kier alpha value is -10.4. The lowest BCUT2D eigenvalue weighted by Gasteiger charge is -2.32. The van der Waals surface area contributed by atoms with Crippen molar-refractivity contribution >= 4 is 119 Å². The molecule has 0 aliphatic carbocycles. The predicted octanol–water partition coefficient (Wildman–Crippen LogP) is 25.2. The molecule has 88 heavy (non-hydrogen) atoms. The summed E-state index contributed by atoms with van der Waals surface area (Å²) >= 11 is 3.72. The van der Waals surface area contributed by atoms with Crippen molar-refractivity contribution in [1.82, 2.24) is 0 Å². The van der Waals surface area contributed by atoms with Crippen LogP contribution in [0.25, 0.3) is 118 Å². The van der Waals surface area contributed by atoms with Gasteiger partial charge in [0.1, 0.15) is 0 Å². The van der Waals surface area contributed by atoms with Gasteiger partial charge in [0.15, 0.2) is 0 Å². The van der Waals surface area contributed by atoms with E-state index in [-0.39, 0.29) is 0 Å². The van der Waals surface area contributed by atoms with Gasteiger partial charge in [-0.3, -0.25) is 0 Å². The fourth-order valence-corrected chi connectivity index (χ4v) is 15.6. The standard InChI is InChI=1S/C84H60N2S2/c1-53-15-13-23-71(67-29-27-57-17-5-7-19-61(57)49-67)83(53)85(69-39-31-59(32-40-69)65-37-45-81-75(51-65)73-21-9-11-25-79(73)87-81)77-43-35-63(47-55(77)3)64-36-44-78(56(4)48-64)86(84-54(2)16-14-24-72(84)68-30-28-58-18-6-8-20-62(58)50-68)70-41-33-60(34-42-70)66-38-46-82-76(52-66)74-22-10-12-26-80(74)88-82/h5-52H,1-4H3. The molecule has 0 aliphatic rings. The van der Waals surface area contributed by atoms with Gasteiger partial charge in [-0.05, 0) is 213 Å². The van der Waals surface area contributed by atoms with E-state index in [1.165, 1.54) is 140 Å². The van der Waals surface area contributed by atoms with Crippen molar-refractivity contribution < 1.29 is 0 Å². The van der Waals surface area contributed by atoms with Crippen molar-refractivity contribution in [2.75, 3.05) is 9.80 Å². The minimum atomic E-state index is 1.10. The van der Waals surface area contributed by atoms with E-state index < -0.39 is 0 Å². The number of nitrogens with zero attached hydrogens (tertiary/aromatic N) is 2. The number of anilines is 6. The van der Waals surface area contributed by atoms with E-state index in [2.05, 4.69) is 329 Å². The molecule has 0 amide bonds. The minimum absolute atomic E-state index is 1.10. The van der Waals surface area contributed by atoms with E-state index in [4.69, 9.17) is 0 Å². The quantitative estimate of drug-likeness (QED) is 0.127. The van der Waals surface area contributed by atoms with Crippen LogP contribution in [-0.4, -0.2) is 0 Å². The van der Waals surface area contributed by atoms with Crippen molar-refractivity contribution in [2.45, 2.75) is 27.7 Å². The van der Waals surface area contributed by atoms with Crippen molar-refractivity contribution in [3.05, 3.63) is 313 Å². The largest absolute Gasteiger partial charge is 0.309 e. The Labute approximate surface area is 521 Å². The highest BCUT2D eigenvalue weighted by Gasteiger charge is 2.25. The highest BCUT2D eigenvalue weighted by atomic mass is 32.1. The Kier molecular flexibility index (Phi) is 13.2. The Morgan fingerprint density at radius 2 is 0.580 bits per heavy atom. The van der Waals surface area contributed by atoms with Crippen molar-refractivity contribution in [2.24, 2.45) is 0 Å². The molecular weight excluding hydrogens is 1100 g/mol. The number of benzene rings is 14. The second-order valence-electron chi connectivity index (χ2n) is 23.5. The molecule has 2 aromatic heterocycles. The molecule has 0 bridgehead atoms. The van der Waals surface area contributed by atoms with E-state index in [1.807, 2.05) is 22.7 Å². The Morgan fingerprint density at radius 3 is 1.01 bits per heavy atom. The van der Waals surface area contributed by atoms with Gasteiger partial charge in [-0.15, -0.1) is 22.7 Å². The topological polar surface area (TPSA) is 6.48 Å². The second-order valence-corrected chi connectivity index (χ2v) is 25.6. The number of rotatable bonds is 11. The third kappa shape index (κ3) is 9.41. The van der Waals surface area contributed by atoms with Gasteiger partial charge < -0.3 is 9.80 Å². The lowest BCUT2D eigenvalue weighted by molar-refractivity contribution is 1.22. The normalized spacial score (nSPS) is 11.6. The first-order valence-electron chi connectivity index (χ1n) is 30.3. The zero-order chi connectivity index (χ0) is 59.0. The summed E-state index contributed by atoms with van der Waals surface area (Å²) in [7, 11) is 0. The van der Waals surface area contributed by atoms with Crippen LogP contribution in [0, 0.1) is 27.7 Å². The molecule has 0 spiro atoms. The smallest absolute Gasteiger partial charge is 0.0569 e. The molecule has 0 N–H and O–H groups in total. The molecule has 0 saturated carbocycles. The predicted molar refractivity (Wildman–Crippen MR) is 383 cm³/mol. The Bertz CT molecular complexity index is 5060. The molecule has 2 heterocycles. The van der Waals surface area contributed by atoms with Gasteiger partial charge in [0, 0.05) is 74.2 Å². The molecule has 16 aromatic rings. The summed E-state index contributed by atoms with van der Waals surface area (Å²) in [6, 6.07) is 108. The lowest BCUT2D eigenvalue weighted by Crippen LogP contribution is -2.14. The fourth-order valence-electron chi connectivity index (χ4n) is 13.5. The number of hydrogen-bond donors (Lipinski definition) is 0. The monoisotopic (exact) mass is 1160 g/mol. The molecule has 0 radical (unpaired) electrons. The van der Waals surface area contributed by atoms with Crippen LogP contribution in [0.1, 0.15) is 22.3 Å². The highest BCUT2D eigenvalue weighted by Crippen LogP contribution is 2.49. The van der Waals surface area contributed by atoms with Gasteiger partial charge in [-0.2, -0.15) is 0 Å². The molecule has 4 heteroatoms. The fraction of sp³-hybridized carbons (Fsp3) is 0.0476. The van der Waals surface area contributed by atoms with Gasteiger partial charge in [0.05, 0.1) is 11.4 Å².